The van der Waals surface area contributed by atoms with Crippen LogP contribution in [0.2, 0.25) is 0 Å². The Kier molecular flexibility index (Phi) is 3.90. The van der Waals surface area contributed by atoms with E-state index in [1.54, 1.807) is 36.3 Å². The molecule has 19 heavy (non-hydrogen) atoms. The summed E-state index contributed by atoms with van der Waals surface area (Å²) in [6.45, 7) is 4.71. The van der Waals surface area contributed by atoms with Crippen molar-refractivity contribution < 1.29 is 14.3 Å². The van der Waals surface area contributed by atoms with Gasteiger partial charge in [0.1, 0.15) is 11.5 Å². The van der Waals surface area contributed by atoms with Gasteiger partial charge in [0.05, 0.1) is 12.8 Å². The first-order chi connectivity index (χ1) is 9.11. The fourth-order valence-corrected chi connectivity index (χ4v) is 1.84. The Morgan fingerprint density at radius 3 is 2.74 bits per heavy atom. The van der Waals surface area contributed by atoms with Gasteiger partial charge in [-0.2, -0.15) is 0 Å². The lowest BCUT2D eigenvalue weighted by Crippen LogP contribution is -2.30. The van der Waals surface area contributed by atoms with Gasteiger partial charge in [0.25, 0.3) is 5.91 Å². The summed E-state index contributed by atoms with van der Waals surface area (Å²) in [4.78, 5) is 14.0. The molecule has 0 saturated carbocycles. The largest absolute Gasteiger partial charge is 0.508 e. The molecule has 2 rings (SSSR count). The molecular weight excluding hydrogens is 242 g/mol. The van der Waals surface area contributed by atoms with Gasteiger partial charge in [-0.25, -0.2) is 0 Å². The van der Waals surface area contributed by atoms with Gasteiger partial charge in [0, 0.05) is 12.1 Å². The molecule has 0 bridgehead atoms. The van der Waals surface area contributed by atoms with Crippen molar-refractivity contribution >= 4 is 5.91 Å². The summed E-state index contributed by atoms with van der Waals surface area (Å²) in [6.07, 6.45) is 1.59. The van der Waals surface area contributed by atoms with Gasteiger partial charge in [-0.3, -0.25) is 4.79 Å². The fourth-order valence-electron chi connectivity index (χ4n) is 1.84. The average Bonchev–Trinajstić information content (AvgIpc) is 2.91. The maximum atomic E-state index is 12.3. The predicted octanol–water partition coefficient (Wildman–Crippen LogP) is 2.96. The number of phenols is 1. The lowest BCUT2D eigenvalue weighted by atomic mass is 10.1. The van der Waals surface area contributed by atoms with Crippen molar-refractivity contribution in [1.82, 2.24) is 4.90 Å². The minimum absolute atomic E-state index is 0.116. The summed E-state index contributed by atoms with van der Waals surface area (Å²) in [5, 5.41) is 9.67. The van der Waals surface area contributed by atoms with Gasteiger partial charge in [-0.15, -0.1) is 0 Å². The average molecular weight is 259 g/mol. The van der Waals surface area contributed by atoms with Crippen LogP contribution in [0, 0.1) is 6.92 Å². The summed E-state index contributed by atoms with van der Waals surface area (Å²) < 4.78 is 5.25. The molecule has 0 aliphatic rings. The first-order valence-corrected chi connectivity index (χ1v) is 6.23. The lowest BCUT2D eigenvalue weighted by Gasteiger charge is -2.20. The number of amides is 1. The number of benzene rings is 1. The van der Waals surface area contributed by atoms with Crippen LogP contribution < -0.4 is 0 Å². The zero-order valence-corrected chi connectivity index (χ0v) is 11.1. The van der Waals surface area contributed by atoms with E-state index in [9.17, 15) is 9.90 Å². The standard InChI is InChI=1S/C15H17NO3/c1-3-16(10-13-5-4-8-19-13)15(18)12-7-6-11(2)14(17)9-12/h4-9,17H,3,10H2,1-2H3. The topological polar surface area (TPSA) is 53.7 Å². The highest BCUT2D eigenvalue weighted by Gasteiger charge is 2.16. The molecule has 0 unspecified atom stereocenters. The van der Waals surface area contributed by atoms with Gasteiger partial charge >= 0.3 is 0 Å². The number of furan rings is 1. The molecule has 2 aromatic rings. The third kappa shape index (κ3) is 2.96. The molecule has 0 aliphatic heterocycles. The first-order valence-electron chi connectivity index (χ1n) is 6.23. The molecule has 1 aromatic carbocycles. The van der Waals surface area contributed by atoms with Gasteiger partial charge in [0.15, 0.2) is 0 Å². The van der Waals surface area contributed by atoms with E-state index in [4.69, 9.17) is 4.42 Å². The smallest absolute Gasteiger partial charge is 0.254 e. The molecule has 0 spiro atoms. The lowest BCUT2D eigenvalue weighted by molar-refractivity contribution is 0.0741. The summed E-state index contributed by atoms with van der Waals surface area (Å²) in [7, 11) is 0. The predicted molar refractivity (Wildman–Crippen MR) is 72.0 cm³/mol. The van der Waals surface area contributed by atoms with E-state index in [0.29, 0.717) is 18.7 Å². The van der Waals surface area contributed by atoms with Crippen molar-refractivity contribution in [3.8, 4) is 5.75 Å². The minimum Gasteiger partial charge on any atom is -0.508 e. The number of carbonyl (C=O) groups excluding carboxylic acids is 1. The maximum Gasteiger partial charge on any atom is 0.254 e. The molecule has 0 aliphatic carbocycles. The van der Waals surface area contributed by atoms with Crippen molar-refractivity contribution in [3.05, 3.63) is 53.5 Å². The highest BCUT2D eigenvalue weighted by atomic mass is 16.3. The van der Waals surface area contributed by atoms with Crippen molar-refractivity contribution in [3.63, 3.8) is 0 Å². The van der Waals surface area contributed by atoms with E-state index in [0.717, 1.165) is 11.3 Å². The van der Waals surface area contributed by atoms with Crippen molar-refractivity contribution in [2.75, 3.05) is 6.54 Å². The quantitative estimate of drug-likeness (QED) is 0.918. The first kappa shape index (κ1) is 13.2. The molecular formula is C15H17NO3. The summed E-state index contributed by atoms with van der Waals surface area (Å²) in [5.74, 6) is 0.764. The molecule has 1 amide bonds. The molecule has 0 atom stereocenters. The second-order valence-electron chi connectivity index (χ2n) is 4.40. The SMILES string of the molecule is CCN(Cc1ccco1)C(=O)c1ccc(C)c(O)c1. The Hall–Kier alpha value is -2.23. The molecule has 1 aromatic heterocycles. The molecule has 0 saturated heterocycles. The van der Waals surface area contributed by atoms with Crippen LogP contribution in [0.15, 0.2) is 41.0 Å². The highest BCUT2D eigenvalue weighted by Crippen LogP contribution is 2.19. The van der Waals surface area contributed by atoms with Crippen LogP contribution in [-0.4, -0.2) is 22.5 Å². The Balaban J connectivity index is 2.18. The van der Waals surface area contributed by atoms with Crippen LogP contribution in [-0.2, 0) is 6.54 Å². The number of nitrogens with zero attached hydrogens (tertiary/aromatic N) is 1. The van der Waals surface area contributed by atoms with Gasteiger partial charge < -0.3 is 14.4 Å². The van der Waals surface area contributed by atoms with E-state index in [1.807, 2.05) is 13.0 Å². The van der Waals surface area contributed by atoms with E-state index < -0.39 is 0 Å². The van der Waals surface area contributed by atoms with Crippen molar-refractivity contribution in [1.29, 1.82) is 0 Å². The molecule has 1 N–H and O–H groups in total. The van der Waals surface area contributed by atoms with E-state index in [2.05, 4.69) is 0 Å². The van der Waals surface area contributed by atoms with Crippen LogP contribution in [0.4, 0.5) is 0 Å². The van der Waals surface area contributed by atoms with Crippen molar-refractivity contribution in [2.24, 2.45) is 0 Å². The number of aromatic hydroxyl groups is 1. The van der Waals surface area contributed by atoms with Gasteiger partial charge in [-0.05, 0) is 43.7 Å². The Morgan fingerprint density at radius 2 is 2.16 bits per heavy atom. The summed E-state index contributed by atoms with van der Waals surface area (Å²) >= 11 is 0. The van der Waals surface area contributed by atoms with E-state index >= 15 is 0 Å². The molecule has 1 heterocycles. The zero-order chi connectivity index (χ0) is 13.8. The Bertz CT molecular complexity index is 561. The number of hydrogen-bond acceptors (Lipinski definition) is 3. The van der Waals surface area contributed by atoms with Crippen LogP contribution in [0.5, 0.6) is 5.75 Å². The zero-order valence-electron chi connectivity index (χ0n) is 11.1. The second kappa shape index (κ2) is 5.61. The molecule has 0 fully saturated rings. The van der Waals surface area contributed by atoms with Gasteiger partial charge in [0.2, 0.25) is 0 Å². The van der Waals surface area contributed by atoms with E-state index in [-0.39, 0.29) is 11.7 Å². The third-order valence-electron chi connectivity index (χ3n) is 3.05. The molecule has 4 heteroatoms. The fraction of sp³-hybridized carbons (Fsp3) is 0.267. The van der Waals surface area contributed by atoms with Crippen LogP contribution >= 0.6 is 0 Å². The summed E-state index contributed by atoms with van der Waals surface area (Å²) in [5.41, 5.74) is 1.24. The number of aryl methyl sites for hydroxylation is 1. The van der Waals surface area contributed by atoms with Crippen LogP contribution in [0.1, 0.15) is 28.6 Å². The Morgan fingerprint density at radius 1 is 1.37 bits per heavy atom. The van der Waals surface area contributed by atoms with Gasteiger partial charge in [-0.1, -0.05) is 6.07 Å². The normalized spacial score (nSPS) is 10.4. The maximum absolute atomic E-state index is 12.3. The van der Waals surface area contributed by atoms with Crippen LogP contribution in [0.3, 0.4) is 0 Å². The Labute approximate surface area is 112 Å². The van der Waals surface area contributed by atoms with Crippen molar-refractivity contribution in [2.45, 2.75) is 20.4 Å². The molecule has 0 radical (unpaired) electrons. The van der Waals surface area contributed by atoms with Crippen LogP contribution in [0.25, 0.3) is 0 Å². The molecule has 4 nitrogen and oxygen atoms in total. The summed E-state index contributed by atoms with van der Waals surface area (Å²) in [6, 6.07) is 8.60. The number of rotatable bonds is 4. The second-order valence-corrected chi connectivity index (χ2v) is 4.40. The number of phenolic OH excluding ortho intramolecular Hbond substituents is 1. The number of hydrogen-bond donors (Lipinski definition) is 1. The third-order valence-corrected chi connectivity index (χ3v) is 3.05. The highest BCUT2D eigenvalue weighted by molar-refractivity contribution is 5.94. The monoisotopic (exact) mass is 259 g/mol. The van der Waals surface area contributed by atoms with E-state index in [1.165, 1.54) is 6.07 Å². The molecule has 100 valence electrons. The number of carbonyl (C=O) groups is 1. The minimum atomic E-state index is -0.116.